The molecular formula is C43H35Br3Cl5N7O11S9. The predicted octanol–water partition coefficient (Wildman–Crippen LogP) is 13.4. The molecule has 18 nitrogen and oxygen atoms in total. The summed E-state index contributed by atoms with van der Waals surface area (Å²) in [6.07, 6.45) is 2.75. The third-order valence-electron chi connectivity index (χ3n) is 7.60. The molecule has 5 aromatic heterocycles. The lowest BCUT2D eigenvalue weighted by Gasteiger charge is -1.93. The van der Waals surface area contributed by atoms with Gasteiger partial charge in [-0.25, -0.2) is 24.9 Å². The number of fused-ring (bicyclic) bond motifs is 3. The Bertz CT molecular complexity index is 3230. The largest absolute Gasteiger partial charge is 0.375 e. The second kappa shape index (κ2) is 39.5. The number of anilines is 2. The first-order valence-electron chi connectivity index (χ1n) is 20.1. The van der Waals surface area contributed by atoms with E-state index >= 15 is 0 Å². The molecule has 0 spiro atoms. The van der Waals surface area contributed by atoms with Gasteiger partial charge in [0.15, 0.2) is 46.4 Å². The Morgan fingerprint density at radius 3 is 1.18 bits per heavy atom. The van der Waals surface area contributed by atoms with Gasteiger partial charge in [-0.05, 0) is 69.7 Å². The Morgan fingerprint density at radius 2 is 0.897 bits per heavy atom. The molecule has 4 N–H and O–H groups in total. The van der Waals surface area contributed by atoms with Crippen LogP contribution in [0.4, 0.5) is 10.3 Å². The van der Waals surface area contributed by atoms with Crippen LogP contribution in [0.1, 0.15) is 40.1 Å². The van der Waals surface area contributed by atoms with Crippen molar-refractivity contribution >= 4 is 291 Å². The topological polar surface area (TPSA) is 304 Å². The number of hydrogen-bond acceptors (Lipinski definition) is 26. The maximum absolute atomic E-state index is 11.9. The van der Waals surface area contributed by atoms with Crippen molar-refractivity contribution in [1.29, 1.82) is 0 Å². The van der Waals surface area contributed by atoms with E-state index in [-0.39, 0.29) is 50.3 Å². The number of halogens is 8. The van der Waals surface area contributed by atoms with Crippen molar-refractivity contribution < 1.29 is 51.6 Å². The highest BCUT2D eigenvalue weighted by molar-refractivity contribution is 9.93. The number of benzene rings is 3. The number of aromatic nitrogens is 5. The summed E-state index contributed by atoms with van der Waals surface area (Å²) in [5.41, 5.74) is 13.7. The third kappa shape index (κ3) is 29.7. The Kier molecular flexibility index (Phi) is 37.1. The standard InChI is InChI=1S/C14H8N2S4.C12H7N3O2S3.C5H5ClN2OS.C4H4BrClO2.C4H5ClO2.C4H6O2.Br2.Cl2O2S/c1-3-7-11-9(5-1)15-13(17-11)19-20-14-16-10-6-2-4-8-12(10)18-14;13-11-14-5-8(18-11)9(16)10(17)20-12-15-6-3-1-2-4-7(6)19-12;6-1-3(9)4-2-8-5(7)10-4;5-1-3(7)4(8)2-6;1-3(6)4(7)2-5;1-3(5)4(2)6;1-2;1-5(2,3)4/h1-8H;1-5H,(H2,13,14);2H,1H2,(H2,7,8);1-2H2;2H2,1H3;1-2H3;;. The molecule has 0 aliphatic heterocycles. The van der Waals surface area contributed by atoms with Crippen molar-refractivity contribution in [3.8, 4) is 0 Å². The molecule has 0 fully saturated rings. The molecule has 418 valence electrons. The van der Waals surface area contributed by atoms with Gasteiger partial charge in [0.05, 0.1) is 70.9 Å². The Morgan fingerprint density at radius 1 is 0.538 bits per heavy atom. The molecule has 0 aliphatic rings. The maximum Gasteiger partial charge on any atom is 0.317 e. The van der Waals surface area contributed by atoms with Crippen LogP contribution in [0.3, 0.4) is 0 Å². The number of thiazole rings is 5. The van der Waals surface area contributed by atoms with Crippen molar-refractivity contribution in [2.24, 2.45) is 0 Å². The van der Waals surface area contributed by atoms with Crippen LogP contribution in [0.15, 0.2) is 98.2 Å². The highest BCUT2D eigenvalue weighted by Gasteiger charge is 2.22. The minimum atomic E-state index is -3.72. The van der Waals surface area contributed by atoms with E-state index in [2.05, 4.69) is 127 Å². The van der Waals surface area contributed by atoms with E-state index in [0.717, 1.165) is 64.4 Å². The predicted molar refractivity (Wildman–Crippen MR) is 335 cm³/mol. The lowest BCUT2D eigenvalue weighted by Crippen LogP contribution is -2.15. The molecule has 78 heavy (non-hydrogen) atoms. The molecule has 3 aromatic carbocycles. The fraction of sp³-hybridized carbons (Fsp3) is 0.163. The van der Waals surface area contributed by atoms with Gasteiger partial charge < -0.3 is 11.5 Å². The Balaban J connectivity index is 0.000000485. The summed E-state index contributed by atoms with van der Waals surface area (Å²) < 4.78 is 24.5. The zero-order chi connectivity index (χ0) is 59.1. The molecule has 8 rings (SSSR count). The van der Waals surface area contributed by atoms with Crippen molar-refractivity contribution in [3.05, 3.63) is 94.9 Å². The van der Waals surface area contributed by atoms with Gasteiger partial charge in [0.1, 0.15) is 4.88 Å². The minimum Gasteiger partial charge on any atom is -0.375 e. The van der Waals surface area contributed by atoms with Gasteiger partial charge in [-0.15, -0.1) is 68.8 Å². The van der Waals surface area contributed by atoms with Crippen LogP contribution >= 0.6 is 190 Å². The van der Waals surface area contributed by atoms with Gasteiger partial charge in [0.2, 0.25) is 17.3 Å². The molecule has 0 saturated heterocycles. The molecule has 8 aromatic rings. The number of rotatable bonds is 14. The number of alkyl halides is 4. The number of thioether (sulfide) groups is 1. The molecule has 0 amide bonds. The normalized spacial score (nSPS) is 9.99. The van der Waals surface area contributed by atoms with Gasteiger partial charge >= 0.3 is 8.26 Å². The quantitative estimate of drug-likeness (QED) is 0.0255. The van der Waals surface area contributed by atoms with E-state index < -0.39 is 42.3 Å². The molecule has 0 radical (unpaired) electrons. The second-order valence-electron chi connectivity index (χ2n) is 13.1. The number of carbonyl (C=O) groups excluding carboxylic acids is 9. The number of hydrogen-bond donors (Lipinski definition) is 2. The molecule has 0 unspecified atom stereocenters. The lowest BCUT2D eigenvalue weighted by atomic mass is 10.3. The highest BCUT2D eigenvalue weighted by Crippen LogP contribution is 2.43. The summed E-state index contributed by atoms with van der Waals surface area (Å²) in [5, 5.41) is 0.158. The Hall–Kier alpha value is -2.89. The number of para-hydroxylation sites is 3. The molecule has 0 saturated carbocycles. The number of nitrogens with two attached hydrogens (primary N) is 2. The van der Waals surface area contributed by atoms with Gasteiger partial charge in [0, 0.05) is 70.4 Å². The zero-order valence-electron chi connectivity index (χ0n) is 39.5. The number of Topliss-reactive ketones (excluding diaryl/α,β-unsaturated/α-hetero) is 8. The average molecular weight is 1530 g/mol. The number of ketones is 8. The van der Waals surface area contributed by atoms with E-state index in [1.54, 1.807) is 44.3 Å². The maximum atomic E-state index is 11.9. The number of nitrogens with zero attached hydrogens (tertiary/aromatic N) is 5. The minimum absolute atomic E-state index is 0.0123. The smallest absolute Gasteiger partial charge is 0.317 e. The summed E-state index contributed by atoms with van der Waals surface area (Å²) in [4.78, 5) is 116. The second-order valence-corrected chi connectivity index (χ2v) is 27.2. The van der Waals surface area contributed by atoms with Gasteiger partial charge in [-0.2, -0.15) is 8.42 Å². The zero-order valence-corrected chi connectivity index (χ0v) is 55.4. The third-order valence-corrected chi connectivity index (χ3v) is 17.5. The van der Waals surface area contributed by atoms with Crippen molar-refractivity contribution in [3.63, 3.8) is 0 Å². The van der Waals surface area contributed by atoms with Crippen LogP contribution in [0, 0.1) is 0 Å². The Labute approximate surface area is 524 Å². The molecule has 0 atom stereocenters. The van der Waals surface area contributed by atoms with Crippen LogP contribution < -0.4 is 11.5 Å². The summed E-state index contributed by atoms with van der Waals surface area (Å²) >= 11 is 31.5. The number of carbonyl (C=O) groups is 9. The van der Waals surface area contributed by atoms with Crippen LogP contribution in [-0.2, 0) is 41.8 Å². The molecule has 0 bridgehead atoms. The highest BCUT2D eigenvalue weighted by atomic mass is 80.9. The van der Waals surface area contributed by atoms with E-state index in [9.17, 15) is 43.2 Å². The first-order valence-corrected chi connectivity index (χ1v) is 36.7. The van der Waals surface area contributed by atoms with Gasteiger partial charge in [-0.3, -0.25) is 43.2 Å². The summed E-state index contributed by atoms with van der Waals surface area (Å²) in [7, 11) is 8.19. The van der Waals surface area contributed by atoms with Crippen molar-refractivity contribution in [2.75, 3.05) is 34.4 Å². The van der Waals surface area contributed by atoms with E-state index in [1.807, 2.05) is 36.4 Å². The molecule has 0 aliphatic carbocycles. The lowest BCUT2D eigenvalue weighted by molar-refractivity contribution is -0.134. The fourth-order valence-electron chi connectivity index (χ4n) is 4.08. The van der Waals surface area contributed by atoms with E-state index in [1.165, 1.54) is 53.9 Å². The fourth-order valence-corrected chi connectivity index (χ4v) is 12.6. The summed E-state index contributed by atoms with van der Waals surface area (Å²) in [6.45, 7) is 3.70. The van der Waals surface area contributed by atoms with Crippen molar-refractivity contribution in [1.82, 2.24) is 24.9 Å². The number of nitrogen functional groups attached to an aromatic ring is 2. The molecule has 5 heterocycles. The first kappa shape index (κ1) is 73.1. The van der Waals surface area contributed by atoms with Crippen molar-refractivity contribution in [2.45, 2.75) is 33.8 Å². The van der Waals surface area contributed by atoms with Gasteiger partial charge in [0.25, 0.3) is 10.9 Å². The van der Waals surface area contributed by atoms with E-state index in [0.29, 0.717) is 14.3 Å². The summed E-state index contributed by atoms with van der Waals surface area (Å²) in [5.74, 6) is -3.92. The average Bonchev–Trinajstić information content (AvgIpc) is 4.29. The van der Waals surface area contributed by atoms with Crippen LogP contribution in [0.5, 0.6) is 0 Å². The monoisotopic (exact) mass is 1520 g/mol. The molecular weight excluding hydrogens is 1500 g/mol. The SMILES string of the molecule is BrBr.CC(=O)C(=O)CCl.CC(=O)C(C)=O.Nc1ncc(C(=O)C(=O)Sc2nc3ccccc3s2)s1.Nc1ncc(C(=O)CCl)s1.O=C(CCl)C(=O)CBr.O=S(=O)(Cl)Cl.c1ccc2sc(SSc3nc4ccccc4s3)nc2c1. The van der Waals surface area contributed by atoms with Crippen LogP contribution in [-0.4, -0.2) is 108 Å². The van der Waals surface area contributed by atoms with Crippen LogP contribution in [0.25, 0.3) is 30.6 Å². The van der Waals surface area contributed by atoms with Gasteiger partial charge in [-0.1, -0.05) is 75.0 Å². The molecule has 35 heteroatoms. The first-order chi connectivity index (χ1) is 36.8. The van der Waals surface area contributed by atoms with Crippen LogP contribution in [0.2, 0.25) is 0 Å². The van der Waals surface area contributed by atoms with E-state index in [4.69, 9.17) is 54.7 Å². The summed E-state index contributed by atoms with van der Waals surface area (Å²) in [6, 6.07) is 24.1.